The van der Waals surface area contributed by atoms with Gasteiger partial charge in [-0.3, -0.25) is 9.03 Å². The van der Waals surface area contributed by atoms with E-state index < -0.39 is 37.3 Å². The summed E-state index contributed by atoms with van der Waals surface area (Å²) in [4.78, 5) is 14.6. The molecule has 14 rings (SSSR count). The van der Waals surface area contributed by atoms with Gasteiger partial charge in [0, 0.05) is 37.9 Å². The second-order valence-corrected chi connectivity index (χ2v) is 20.4. The summed E-state index contributed by atoms with van der Waals surface area (Å²) in [5.74, 6) is -2.21. The summed E-state index contributed by atoms with van der Waals surface area (Å²) < 4.78 is 102. The second kappa shape index (κ2) is 21.6. The Balaban J connectivity index is 0.00000758. The standard InChI is InChI=1S/C73H56N7.Ir/c1-46(2)65-41-70-62-38-50(43-75-72(62)59-23-13-15-25-68(59)79(70)77-65)29-27-48-35-49(28-30-51-39-63-71-42-66(47(3)4)78-80(71)69-26-16-14-24-60(69)73(63)76-44-51)37-56(36-48)57-21-11-12-22-58(57)64-45-74-67(55-19-9-6-10-20-55)40-61(64)54-33-31-53(32-34-54)52-17-7-5-8-18-52;/h5-19,21-22,25-26,31-47H,27-30H2,1-4H3;/q-3;+3/i27D2,28D2,29D2,30D2,46D,47D;. The molecule has 0 atom stereocenters. The van der Waals surface area contributed by atoms with Gasteiger partial charge < -0.3 is 15.0 Å². The van der Waals surface area contributed by atoms with E-state index in [1.807, 2.05) is 97.1 Å². The fraction of sp³-hybridized carbons (Fsp3) is 0.137. The Morgan fingerprint density at radius 1 is 0.420 bits per heavy atom. The maximum atomic E-state index is 10.2. The molecule has 7 nitrogen and oxygen atoms in total. The molecular weight excluding hydrogens is 1170 g/mol. The maximum Gasteiger partial charge on any atom is 3.00 e. The monoisotopic (exact) mass is 1230 g/mol. The van der Waals surface area contributed by atoms with Gasteiger partial charge in [0.1, 0.15) is 0 Å². The number of benzene rings is 7. The molecule has 0 spiro atoms. The van der Waals surface area contributed by atoms with Crippen molar-refractivity contribution in [2.24, 2.45) is 0 Å². The van der Waals surface area contributed by atoms with Gasteiger partial charge in [-0.05, 0) is 149 Å². The minimum atomic E-state index is -2.99. The van der Waals surface area contributed by atoms with Gasteiger partial charge in [0.15, 0.2) is 0 Å². The van der Waals surface area contributed by atoms with Crippen LogP contribution in [0.25, 0.3) is 110 Å². The Hall–Kier alpha value is -8.94. The third kappa shape index (κ3) is 9.69. The summed E-state index contributed by atoms with van der Waals surface area (Å²) in [5, 5.41) is 11.8. The molecule has 7 aromatic heterocycles. The van der Waals surface area contributed by atoms with E-state index in [2.05, 4.69) is 54.6 Å². The van der Waals surface area contributed by atoms with Crippen molar-refractivity contribution < 1.29 is 33.8 Å². The van der Waals surface area contributed by atoms with Crippen molar-refractivity contribution in [1.82, 2.24) is 34.2 Å². The van der Waals surface area contributed by atoms with Crippen LogP contribution < -0.4 is 0 Å². The summed E-state index contributed by atoms with van der Waals surface area (Å²) in [6, 6.07) is 67.0. The van der Waals surface area contributed by atoms with Crippen LogP contribution in [0.1, 0.15) is 86.8 Å². The minimum Gasteiger partial charge on any atom is -0.304 e. The van der Waals surface area contributed by atoms with Gasteiger partial charge in [0.05, 0.1) is 22.4 Å². The molecule has 0 fully saturated rings. The number of pyridine rings is 5. The topological polar surface area (TPSA) is 73.3 Å². The van der Waals surface area contributed by atoms with Crippen LogP contribution in [0.3, 0.4) is 0 Å². The molecule has 0 bridgehead atoms. The van der Waals surface area contributed by atoms with Crippen molar-refractivity contribution in [2.45, 2.75) is 65.0 Å². The largest absolute Gasteiger partial charge is 3.00 e. The van der Waals surface area contributed by atoms with Gasteiger partial charge in [-0.2, -0.15) is 10.2 Å². The van der Waals surface area contributed by atoms with E-state index in [1.165, 1.54) is 30.6 Å². The molecule has 0 saturated heterocycles. The molecular formula is C73H56IrN7. The molecule has 7 heterocycles. The first-order chi connectivity index (χ1) is 42.9. The van der Waals surface area contributed by atoms with E-state index in [1.54, 1.807) is 79.3 Å². The molecule has 0 N–H and O–H groups in total. The molecule has 8 heteroatoms. The van der Waals surface area contributed by atoms with Crippen molar-refractivity contribution >= 4 is 54.6 Å². The predicted molar refractivity (Wildman–Crippen MR) is 327 cm³/mol. The summed E-state index contributed by atoms with van der Waals surface area (Å²) in [6.45, 7) is 6.91. The molecule has 0 amide bonds. The van der Waals surface area contributed by atoms with Crippen molar-refractivity contribution in [2.75, 3.05) is 0 Å². The van der Waals surface area contributed by atoms with Crippen molar-refractivity contribution in [3.05, 3.63) is 258 Å². The van der Waals surface area contributed by atoms with Crippen molar-refractivity contribution in [3.63, 3.8) is 0 Å². The molecule has 0 aliphatic heterocycles. The Morgan fingerprint density at radius 3 is 1.51 bits per heavy atom. The fourth-order valence-corrected chi connectivity index (χ4v) is 10.7. The van der Waals surface area contributed by atoms with E-state index in [0.29, 0.717) is 88.4 Å². The second-order valence-electron chi connectivity index (χ2n) is 20.4. The Bertz CT molecular complexity index is 4960. The van der Waals surface area contributed by atoms with Gasteiger partial charge in [0.2, 0.25) is 0 Å². The SMILES string of the molecule is [2H]C(C)(C)c1cc2c3cc(C([2H])([2H])C([2H])([2H])c4cc(-c5ccccc5-c5cnc(-c6[c-]cccc6)cc5-c5ccc(-c6ccccc6)cc5)cc(C([2H])([2H])C([2H])([2H])c5cnc6c7[c-]cccc7n7nc(C([2H])(C)C)cc7c6c5)c4)cnc3c3[c-]cccc3n2n1.[Ir+3]. The minimum absolute atomic E-state index is 0. The number of aryl methyl sites for hydroxylation is 4. The zero-order chi connectivity index (χ0) is 62.9. The van der Waals surface area contributed by atoms with E-state index in [4.69, 9.17) is 27.9 Å². The molecule has 0 saturated carbocycles. The molecule has 14 aromatic rings. The summed E-state index contributed by atoms with van der Waals surface area (Å²) in [7, 11) is 0. The van der Waals surface area contributed by atoms with Gasteiger partial charge in [-0.1, -0.05) is 154 Å². The third-order valence-electron chi connectivity index (χ3n) is 14.7. The zero-order valence-electron chi connectivity index (χ0n) is 54.6. The Kier molecular flexibility index (Phi) is 11.0. The van der Waals surface area contributed by atoms with Crippen molar-refractivity contribution in [1.29, 1.82) is 0 Å². The van der Waals surface area contributed by atoms with Crippen LogP contribution in [-0.2, 0) is 45.6 Å². The smallest absolute Gasteiger partial charge is 0.304 e. The van der Waals surface area contributed by atoms with Crippen LogP contribution in [0.2, 0.25) is 0 Å². The van der Waals surface area contributed by atoms with Crippen LogP contribution >= 0.6 is 0 Å². The number of aromatic nitrogens is 7. The summed E-state index contributed by atoms with van der Waals surface area (Å²) >= 11 is 0. The molecule has 0 radical (unpaired) electrons. The van der Waals surface area contributed by atoms with Crippen LogP contribution in [0.15, 0.2) is 207 Å². The van der Waals surface area contributed by atoms with E-state index >= 15 is 0 Å². The summed E-state index contributed by atoms with van der Waals surface area (Å²) in [5.41, 5.74) is 10.8. The number of hydrogen-bond acceptors (Lipinski definition) is 5. The maximum absolute atomic E-state index is 10.2. The first kappa shape index (κ1) is 41.1. The predicted octanol–water partition coefficient (Wildman–Crippen LogP) is 17.3. The zero-order valence-corrected chi connectivity index (χ0v) is 47.0. The Labute approximate surface area is 499 Å². The molecule has 0 aliphatic carbocycles. The van der Waals surface area contributed by atoms with Gasteiger partial charge >= 0.3 is 20.1 Å². The van der Waals surface area contributed by atoms with Crippen LogP contribution in [-0.4, -0.2) is 34.2 Å². The third-order valence-corrected chi connectivity index (χ3v) is 14.7. The Morgan fingerprint density at radius 2 is 0.938 bits per heavy atom. The molecule has 81 heavy (non-hydrogen) atoms. The van der Waals surface area contributed by atoms with E-state index in [-0.39, 0.29) is 47.9 Å². The van der Waals surface area contributed by atoms with Crippen molar-refractivity contribution in [3.8, 4) is 55.8 Å². The van der Waals surface area contributed by atoms with Crippen LogP contribution in [0, 0.1) is 18.2 Å². The first-order valence-electron chi connectivity index (χ1n) is 31.5. The number of fused-ring (bicyclic) bond motifs is 12. The first-order valence-corrected chi connectivity index (χ1v) is 26.5. The number of rotatable bonds is 13. The van der Waals surface area contributed by atoms with Gasteiger partial charge in [-0.25, -0.2) is 0 Å². The molecule has 392 valence electrons. The number of nitrogens with zero attached hydrogens (tertiary/aromatic N) is 7. The average Bonchev–Trinajstić information content (AvgIpc) is 1.74. The number of hydrogen-bond donors (Lipinski definition) is 0. The van der Waals surface area contributed by atoms with Crippen LogP contribution in [0.4, 0.5) is 0 Å². The quantitative estimate of drug-likeness (QED) is 0.0849. The van der Waals surface area contributed by atoms with Gasteiger partial charge in [-0.15, -0.1) is 84.4 Å². The summed E-state index contributed by atoms with van der Waals surface area (Å²) in [6.07, 6.45) is -7.36. The van der Waals surface area contributed by atoms with E-state index in [9.17, 15) is 11.0 Å². The molecule has 7 aromatic carbocycles. The van der Waals surface area contributed by atoms with E-state index in [0.717, 1.165) is 27.8 Å². The van der Waals surface area contributed by atoms with Gasteiger partial charge in [0.25, 0.3) is 0 Å². The molecule has 0 aliphatic rings. The van der Waals surface area contributed by atoms with Crippen LogP contribution in [0.5, 0.6) is 0 Å². The molecule has 0 unspecified atom stereocenters. The average molecular weight is 1230 g/mol. The fourth-order valence-electron chi connectivity index (χ4n) is 10.7. The normalized spacial score (nSPS) is 14.6.